The van der Waals surface area contributed by atoms with Crippen LogP contribution in [0, 0.1) is 0 Å². The maximum Gasteiger partial charge on any atom is 0.365 e. The molecule has 0 atom stereocenters. The number of fused-ring (bicyclic) bond motifs is 5. The van der Waals surface area contributed by atoms with E-state index in [9.17, 15) is 4.79 Å². The molecule has 5 heteroatoms. The number of oxime groups is 1. The first-order valence-corrected chi connectivity index (χ1v) is 9.28. The fraction of sp³-hybridized carbons (Fsp3) is 0.130. The smallest absolute Gasteiger partial charge is 0.365 e. The summed E-state index contributed by atoms with van der Waals surface area (Å²) in [5, 5.41) is 6.32. The number of hydrogen-bond donors (Lipinski definition) is 0. The molecule has 0 fully saturated rings. The Hall–Kier alpha value is -3.60. The van der Waals surface area contributed by atoms with Crippen LogP contribution < -0.4 is 4.74 Å². The van der Waals surface area contributed by atoms with Gasteiger partial charge in [-0.15, -0.1) is 0 Å². The topological polar surface area (TPSA) is 52.8 Å². The first kappa shape index (κ1) is 16.6. The van der Waals surface area contributed by atoms with Crippen molar-refractivity contribution < 1.29 is 14.4 Å². The number of aryl methyl sites for hydroxylation is 1. The molecule has 0 aliphatic carbocycles. The van der Waals surface area contributed by atoms with Crippen LogP contribution in [0.15, 0.2) is 71.9 Å². The molecule has 0 amide bonds. The molecule has 0 spiro atoms. The van der Waals surface area contributed by atoms with E-state index in [4.69, 9.17) is 9.57 Å². The minimum Gasteiger partial charge on any atom is -0.486 e. The molecule has 0 saturated heterocycles. The van der Waals surface area contributed by atoms with Crippen LogP contribution in [0.4, 0.5) is 0 Å². The van der Waals surface area contributed by atoms with Crippen molar-refractivity contribution in [3.8, 4) is 5.75 Å². The van der Waals surface area contributed by atoms with Gasteiger partial charge in [0.15, 0.2) is 0 Å². The van der Waals surface area contributed by atoms with Gasteiger partial charge in [0.1, 0.15) is 18.1 Å². The summed E-state index contributed by atoms with van der Waals surface area (Å²) in [5.41, 5.74) is 4.26. The molecule has 1 aliphatic rings. The molecule has 0 unspecified atom stereocenters. The average Bonchev–Trinajstić information content (AvgIpc) is 3.30. The molecule has 28 heavy (non-hydrogen) atoms. The fourth-order valence-electron chi connectivity index (χ4n) is 3.84. The lowest BCUT2D eigenvalue weighted by Gasteiger charge is -2.04. The maximum atomic E-state index is 12.2. The van der Waals surface area contributed by atoms with Crippen LogP contribution in [0.5, 0.6) is 5.75 Å². The van der Waals surface area contributed by atoms with Crippen LogP contribution in [-0.4, -0.2) is 22.9 Å². The third-order valence-electron chi connectivity index (χ3n) is 5.12. The number of aromatic nitrogens is 1. The van der Waals surface area contributed by atoms with E-state index in [2.05, 4.69) is 34.8 Å². The van der Waals surface area contributed by atoms with Gasteiger partial charge >= 0.3 is 5.97 Å². The fourth-order valence-corrected chi connectivity index (χ4v) is 3.84. The highest BCUT2D eigenvalue weighted by molar-refractivity contribution is 6.18. The lowest BCUT2D eigenvalue weighted by Crippen LogP contribution is -2.07. The second-order valence-corrected chi connectivity index (χ2v) is 6.67. The zero-order valence-corrected chi connectivity index (χ0v) is 15.4. The Morgan fingerprint density at radius 2 is 1.82 bits per heavy atom. The van der Waals surface area contributed by atoms with Crippen LogP contribution in [0.2, 0.25) is 0 Å². The molecular weight excluding hydrogens is 352 g/mol. The van der Waals surface area contributed by atoms with E-state index in [1.54, 1.807) is 24.3 Å². The summed E-state index contributed by atoms with van der Waals surface area (Å²) in [6, 6.07) is 21.2. The molecule has 3 aromatic carbocycles. The number of hydrogen-bond acceptors (Lipinski definition) is 4. The minimum absolute atomic E-state index is 0.280. The van der Waals surface area contributed by atoms with Gasteiger partial charge in [0.05, 0.1) is 16.5 Å². The summed E-state index contributed by atoms with van der Waals surface area (Å²) in [5.74, 6) is 0.320. The zero-order chi connectivity index (χ0) is 19.1. The highest BCUT2D eigenvalue weighted by Crippen LogP contribution is 2.40. The van der Waals surface area contributed by atoms with E-state index >= 15 is 0 Å². The molecule has 0 saturated carbocycles. The zero-order valence-electron chi connectivity index (χ0n) is 15.4. The standard InChI is InChI=1S/C23H18N2O3/c1-2-25-19-11-7-6-10-17(19)21-20(25)13-12-16-18(14-27-22(16)21)24-28-23(26)15-8-4-3-5-9-15/h3-13H,2,14H2,1H3/b24-18+. The number of para-hydroxylation sites is 1. The molecule has 5 nitrogen and oxygen atoms in total. The maximum absolute atomic E-state index is 12.2. The van der Waals surface area contributed by atoms with Gasteiger partial charge in [0, 0.05) is 23.0 Å². The first-order chi connectivity index (χ1) is 13.8. The summed E-state index contributed by atoms with van der Waals surface area (Å²) >= 11 is 0. The van der Waals surface area contributed by atoms with Gasteiger partial charge in [-0.2, -0.15) is 0 Å². The van der Waals surface area contributed by atoms with Crippen molar-refractivity contribution in [2.45, 2.75) is 13.5 Å². The molecule has 4 aromatic rings. The molecule has 0 N–H and O–H groups in total. The molecule has 1 aromatic heterocycles. The SMILES string of the molecule is CCn1c2ccccc2c2c3c(ccc21)/C(=N/OC(=O)c1ccccc1)CO3. The Kier molecular flexibility index (Phi) is 3.86. The summed E-state index contributed by atoms with van der Waals surface area (Å²) in [7, 11) is 0. The second-order valence-electron chi connectivity index (χ2n) is 6.67. The van der Waals surface area contributed by atoms with Gasteiger partial charge in [-0.25, -0.2) is 4.79 Å². The molecule has 1 aliphatic heterocycles. The Morgan fingerprint density at radius 1 is 1.04 bits per heavy atom. The summed E-state index contributed by atoms with van der Waals surface area (Å²) in [6.07, 6.45) is 0. The average molecular weight is 370 g/mol. The number of rotatable bonds is 3. The molecule has 138 valence electrons. The highest BCUT2D eigenvalue weighted by atomic mass is 16.7. The first-order valence-electron chi connectivity index (χ1n) is 9.28. The van der Waals surface area contributed by atoms with E-state index in [0.29, 0.717) is 11.3 Å². The quantitative estimate of drug-likeness (QED) is 0.386. The van der Waals surface area contributed by atoms with Crippen molar-refractivity contribution in [2.24, 2.45) is 5.16 Å². The van der Waals surface area contributed by atoms with Crippen molar-refractivity contribution in [3.05, 3.63) is 77.9 Å². The summed E-state index contributed by atoms with van der Waals surface area (Å²) in [4.78, 5) is 17.3. The normalized spacial score (nSPS) is 14.4. The molecular formula is C23H18N2O3. The van der Waals surface area contributed by atoms with Crippen LogP contribution in [0.1, 0.15) is 22.8 Å². The van der Waals surface area contributed by atoms with Gasteiger partial charge in [-0.05, 0) is 37.3 Å². The second kappa shape index (κ2) is 6.53. The van der Waals surface area contributed by atoms with Crippen molar-refractivity contribution in [2.75, 3.05) is 6.61 Å². The van der Waals surface area contributed by atoms with Gasteiger partial charge in [-0.3, -0.25) is 0 Å². The van der Waals surface area contributed by atoms with E-state index in [0.717, 1.165) is 34.1 Å². The van der Waals surface area contributed by atoms with E-state index < -0.39 is 5.97 Å². The molecule has 5 rings (SSSR count). The van der Waals surface area contributed by atoms with Crippen molar-refractivity contribution in [1.29, 1.82) is 0 Å². The Bertz CT molecular complexity index is 1240. The molecule has 0 bridgehead atoms. The lowest BCUT2D eigenvalue weighted by molar-refractivity contribution is 0.0515. The van der Waals surface area contributed by atoms with Gasteiger partial charge in [-0.1, -0.05) is 41.6 Å². The minimum atomic E-state index is -0.481. The van der Waals surface area contributed by atoms with E-state index in [-0.39, 0.29) is 6.61 Å². The summed E-state index contributed by atoms with van der Waals surface area (Å²) < 4.78 is 8.27. The highest BCUT2D eigenvalue weighted by Gasteiger charge is 2.26. The Balaban J connectivity index is 1.58. The number of ether oxygens (including phenoxy) is 1. The third kappa shape index (κ3) is 2.47. The monoisotopic (exact) mass is 370 g/mol. The van der Waals surface area contributed by atoms with Crippen LogP contribution in [-0.2, 0) is 11.4 Å². The predicted molar refractivity (Wildman–Crippen MR) is 109 cm³/mol. The Morgan fingerprint density at radius 3 is 2.64 bits per heavy atom. The van der Waals surface area contributed by atoms with E-state index in [1.807, 2.05) is 24.3 Å². The van der Waals surface area contributed by atoms with Crippen molar-refractivity contribution >= 4 is 33.5 Å². The van der Waals surface area contributed by atoms with Crippen LogP contribution in [0.25, 0.3) is 21.8 Å². The van der Waals surface area contributed by atoms with Crippen molar-refractivity contribution in [1.82, 2.24) is 4.57 Å². The number of carbonyl (C=O) groups is 1. The summed E-state index contributed by atoms with van der Waals surface area (Å²) in [6.45, 7) is 3.29. The predicted octanol–water partition coefficient (Wildman–Crippen LogP) is 4.77. The van der Waals surface area contributed by atoms with E-state index in [1.165, 1.54) is 5.52 Å². The largest absolute Gasteiger partial charge is 0.486 e. The Labute approximate surface area is 161 Å². The number of benzene rings is 3. The van der Waals surface area contributed by atoms with Crippen LogP contribution >= 0.6 is 0 Å². The number of nitrogens with zero attached hydrogens (tertiary/aromatic N) is 2. The van der Waals surface area contributed by atoms with Gasteiger partial charge < -0.3 is 14.1 Å². The van der Waals surface area contributed by atoms with Crippen LogP contribution in [0.3, 0.4) is 0 Å². The lowest BCUT2D eigenvalue weighted by atomic mass is 10.1. The van der Waals surface area contributed by atoms with Crippen molar-refractivity contribution in [3.63, 3.8) is 0 Å². The third-order valence-corrected chi connectivity index (χ3v) is 5.12. The van der Waals surface area contributed by atoms with Gasteiger partial charge in [0.2, 0.25) is 0 Å². The molecule has 0 radical (unpaired) electrons. The van der Waals surface area contributed by atoms with Gasteiger partial charge in [0.25, 0.3) is 0 Å². The number of carbonyl (C=O) groups excluding carboxylic acids is 1. The molecule has 2 heterocycles.